The lowest BCUT2D eigenvalue weighted by Gasteiger charge is -2.18. The molecule has 4 unspecified atom stereocenters. The van der Waals surface area contributed by atoms with E-state index >= 15 is 0 Å². The molecule has 2 aliphatic rings. The van der Waals surface area contributed by atoms with Crippen LogP contribution in [0.3, 0.4) is 0 Å². The van der Waals surface area contributed by atoms with E-state index in [0.717, 1.165) is 43.3 Å². The quantitative estimate of drug-likeness (QED) is 0.193. The number of hydrogen-bond acceptors (Lipinski definition) is 3. The second kappa shape index (κ2) is 13.6. The minimum Gasteiger partial charge on any atom is -0.352 e. The Morgan fingerprint density at radius 1 is 0.778 bits per heavy atom. The molecule has 2 aliphatic carbocycles. The zero-order valence-electron chi connectivity index (χ0n) is 18.0. The molecule has 2 saturated carbocycles. The Balaban J connectivity index is 1.53. The lowest BCUT2D eigenvalue weighted by Crippen LogP contribution is -2.20. The molecule has 156 valence electrons. The third kappa shape index (κ3) is 9.95. The summed E-state index contributed by atoms with van der Waals surface area (Å²) in [4.78, 5) is 0. The lowest BCUT2D eigenvalue weighted by molar-refractivity contribution is -0.151. The maximum atomic E-state index is 8.90. The van der Waals surface area contributed by atoms with Crippen LogP contribution in [-0.2, 0) is 9.47 Å². The van der Waals surface area contributed by atoms with E-state index in [0.29, 0.717) is 6.42 Å². The number of rotatable bonds is 18. The lowest BCUT2D eigenvalue weighted by atomic mass is 10.1. The molecule has 0 aromatic carbocycles. The van der Waals surface area contributed by atoms with Crippen LogP contribution in [0, 0.1) is 35.0 Å². The third-order valence-corrected chi connectivity index (χ3v) is 6.48. The van der Waals surface area contributed by atoms with Crippen molar-refractivity contribution < 1.29 is 9.47 Å². The molecule has 0 bridgehead atoms. The molecule has 2 rings (SSSR count). The van der Waals surface area contributed by atoms with Crippen LogP contribution in [0.4, 0.5) is 0 Å². The van der Waals surface area contributed by atoms with Crippen molar-refractivity contribution in [3.8, 4) is 6.07 Å². The molecule has 3 nitrogen and oxygen atoms in total. The number of nitrogens with zero attached hydrogens (tertiary/aromatic N) is 1. The summed E-state index contributed by atoms with van der Waals surface area (Å²) >= 11 is 0. The highest BCUT2D eigenvalue weighted by atomic mass is 16.7. The Bertz CT molecular complexity index is 389. The average molecular weight is 378 g/mol. The normalized spacial score (nSPS) is 27.3. The van der Waals surface area contributed by atoms with Crippen molar-refractivity contribution in [1.29, 1.82) is 5.26 Å². The van der Waals surface area contributed by atoms with E-state index in [1.807, 2.05) is 0 Å². The summed E-state index contributed by atoms with van der Waals surface area (Å²) in [6.07, 6.45) is 17.4. The van der Waals surface area contributed by atoms with Gasteiger partial charge in [0.25, 0.3) is 0 Å². The zero-order chi connectivity index (χ0) is 19.3. The second-order valence-corrected chi connectivity index (χ2v) is 9.00. The molecule has 0 N–H and O–H groups in total. The van der Waals surface area contributed by atoms with E-state index in [2.05, 4.69) is 19.9 Å². The number of unbranched alkanes of at least 4 members (excludes halogenated alkanes) is 6. The third-order valence-electron chi connectivity index (χ3n) is 6.48. The zero-order valence-corrected chi connectivity index (χ0v) is 18.0. The van der Waals surface area contributed by atoms with Crippen LogP contribution in [0.25, 0.3) is 0 Å². The molecule has 0 amide bonds. The predicted molar refractivity (Wildman–Crippen MR) is 111 cm³/mol. The maximum absolute atomic E-state index is 8.90. The fraction of sp³-hybridized carbons (Fsp3) is 0.958. The van der Waals surface area contributed by atoms with Gasteiger partial charge in [0.05, 0.1) is 19.3 Å². The van der Waals surface area contributed by atoms with Crippen molar-refractivity contribution in [3.63, 3.8) is 0 Å². The highest BCUT2D eigenvalue weighted by Gasteiger charge is 2.38. The standard InChI is InChI=1S/C24H43NO2/c1-3-5-7-9-12-20-16-22(20)18-26-24(14-11-15-25)27-19-23-17-21(23)13-10-8-6-4-2/h20-24H,3-14,16-19H2,1-2H3. The largest absolute Gasteiger partial charge is 0.352 e. The molecule has 27 heavy (non-hydrogen) atoms. The van der Waals surface area contributed by atoms with Crippen molar-refractivity contribution >= 4 is 0 Å². The maximum Gasteiger partial charge on any atom is 0.158 e. The summed E-state index contributed by atoms with van der Waals surface area (Å²) in [5, 5.41) is 8.90. The molecular weight excluding hydrogens is 334 g/mol. The van der Waals surface area contributed by atoms with Crippen LogP contribution in [0.5, 0.6) is 0 Å². The van der Waals surface area contributed by atoms with Crippen LogP contribution in [-0.4, -0.2) is 19.5 Å². The van der Waals surface area contributed by atoms with Crippen LogP contribution in [0.2, 0.25) is 0 Å². The first-order valence-electron chi connectivity index (χ1n) is 11.9. The van der Waals surface area contributed by atoms with Gasteiger partial charge >= 0.3 is 0 Å². The van der Waals surface area contributed by atoms with E-state index in [1.54, 1.807) is 0 Å². The van der Waals surface area contributed by atoms with Crippen LogP contribution in [0.15, 0.2) is 0 Å². The Morgan fingerprint density at radius 2 is 1.30 bits per heavy atom. The van der Waals surface area contributed by atoms with Gasteiger partial charge < -0.3 is 9.47 Å². The van der Waals surface area contributed by atoms with Gasteiger partial charge in [0.1, 0.15) is 0 Å². The predicted octanol–water partition coefficient (Wildman–Crippen LogP) is 6.86. The van der Waals surface area contributed by atoms with Crippen molar-refractivity contribution in [2.45, 2.75) is 110 Å². The van der Waals surface area contributed by atoms with E-state index in [-0.39, 0.29) is 6.29 Å². The van der Waals surface area contributed by atoms with Crippen molar-refractivity contribution in [2.75, 3.05) is 13.2 Å². The van der Waals surface area contributed by atoms with Gasteiger partial charge in [0, 0.05) is 12.8 Å². The van der Waals surface area contributed by atoms with Gasteiger partial charge in [-0.2, -0.15) is 5.26 Å². The van der Waals surface area contributed by atoms with Gasteiger partial charge in [-0.3, -0.25) is 0 Å². The molecule has 0 aromatic heterocycles. The summed E-state index contributed by atoms with van der Waals surface area (Å²) in [7, 11) is 0. The van der Waals surface area contributed by atoms with Gasteiger partial charge in [0.2, 0.25) is 0 Å². The fourth-order valence-electron chi connectivity index (χ4n) is 4.26. The number of hydrogen-bond donors (Lipinski definition) is 0. The van der Waals surface area contributed by atoms with E-state index in [1.165, 1.54) is 77.0 Å². The van der Waals surface area contributed by atoms with E-state index in [9.17, 15) is 0 Å². The highest BCUT2D eigenvalue weighted by molar-refractivity contribution is 4.87. The summed E-state index contributed by atoms with van der Waals surface area (Å²) in [6.45, 7) is 6.20. The summed E-state index contributed by atoms with van der Waals surface area (Å²) < 4.78 is 12.2. The highest BCUT2D eigenvalue weighted by Crippen LogP contribution is 2.44. The van der Waals surface area contributed by atoms with Crippen LogP contribution >= 0.6 is 0 Å². The smallest absolute Gasteiger partial charge is 0.158 e. The molecule has 0 spiro atoms. The summed E-state index contributed by atoms with van der Waals surface area (Å²) in [5.41, 5.74) is 0. The molecule has 0 aromatic rings. The monoisotopic (exact) mass is 377 g/mol. The van der Waals surface area contributed by atoms with Gasteiger partial charge in [-0.1, -0.05) is 78.1 Å². The minimum absolute atomic E-state index is 0.160. The van der Waals surface area contributed by atoms with Crippen LogP contribution in [0.1, 0.15) is 104 Å². The molecule has 0 aliphatic heterocycles. The Morgan fingerprint density at radius 3 is 1.74 bits per heavy atom. The molecule has 3 heteroatoms. The molecule has 0 saturated heterocycles. The summed E-state index contributed by atoms with van der Waals surface area (Å²) in [5.74, 6) is 3.25. The number of ether oxygens (including phenoxy) is 2. The first-order chi connectivity index (χ1) is 13.3. The van der Waals surface area contributed by atoms with Crippen LogP contribution < -0.4 is 0 Å². The van der Waals surface area contributed by atoms with Gasteiger partial charge in [-0.05, 0) is 36.5 Å². The van der Waals surface area contributed by atoms with Gasteiger partial charge in [-0.25, -0.2) is 0 Å². The minimum atomic E-state index is -0.160. The Labute approximate surface area is 168 Å². The van der Waals surface area contributed by atoms with E-state index in [4.69, 9.17) is 14.7 Å². The molecule has 0 radical (unpaired) electrons. The number of nitriles is 1. The second-order valence-electron chi connectivity index (χ2n) is 9.00. The van der Waals surface area contributed by atoms with Gasteiger partial charge in [0.15, 0.2) is 6.29 Å². The molecule has 0 heterocycles. The van der Waals surface area contributed by atoms with Crippen molar-refractivity contribution in [2.24, 2.45) is 23.7 Å². The topological polar surface area (TPSA) is 42.2 Å². The first kappa shape index (κ1) is 22.7. The van der Waals surface area contributed by atoms with E-state index < -0.39 is 0 Å². The molecular formula is C24H43NO2. The molecule has 4 atom stereocenters. The Hall–Kier alpha value is -0.590. The SMILES string of the molecule is CCCCCCC1CC1COC(CCC#N)OCC1CC1CCCCCC. The molecule has 2 fully saturated rings. The van der Waals surface area contributed by atoms with Crippen molar-refractivity contribution in [3.05, 3.63) is 0 Å². The van der Waals surface area contributed by atoms with Gasteiger partial charge in [-0.15, -0.1) is 0 Å². The Kier molecular flexibility index (Phi) is 11.4. The summed E-state index contributed by atoms with van der Waals surface area (Å²) in [6, 6.07) is 2.24. The average Bonchev–Trinajstić information content (AvgIpc) is 3.59. The first-order valence-corrected chi connectivity index (χ1v) is 11.9. The van der Waals surface area contributed by atoms with Crippen molar-refractivity contribution in [1.82, 2.24) is 0 Å². The fourth-order valence-corrected chi connectivity index (χ4v) is 4.26.